The Labute approximate surface area is 91.7 Å². The van der Waals surface area contributed by atoms with Crippen LogP contribution < -0.4 is 0 Å². The van der Waals surface area contributed by atoms with Crippen LogP contribution in [0.4, 0.5) is 0 Å². The Hall–Kier alpha value is -0.790. The van der Waals surface area contributed by atoms with E-state index in [1.165, 1.54) is 12.8 Å². The Kier molecular flexibility index (Phi) is 2.21. The zero-order chi connectivity index (χ0) is 11.3. The van der Waals surface area contributed by atoms with Gasteiger partial charge >= 0.3 is 5.97 Å². The summed E-state index contributed by atoms with van der Waals surface area (Å²) in [6.45, 7) is 9.84. The quantitative estimate of drug-likeness (QED) is 0.515. The van der Waals surface area contributed by atoms with E-state index in [4.69, 9.17) is 4.74 Å². The first-order valence-electron chi connectivity index (χ1n) is 5.78. The van der Waals surface area contributed by atoms with E-state index in [9.17, 15) is 4.79 Å². The first-order valence-corrected chi connectivity index (χ1v) is 5.78. The molecular weight excluding hydrogens is 188 g/mol. The van der Waals surface area contributed by atoms with Crippen molar-refractivity contribution in [2.24, 2.45) is 11.3 Å². The van der Waals surface area contributed by atoms with Crippen molar-refractivity contribution in [3.05, 3.63) is 12.2 Å². The molecule has 0 atom stereocenters. The number of ether oxygens (including phenoxy) is 1. The molecule has 0 spiro atoms. The van der Waals surface area contributed by atoms with Crippen LogP contribution in [0.5, 0.6) is 0 Å². The molecule has 2 fully saturated rings. The van der Waals surface area contributed by atoms with Crippen LogP contribution >= 0.6 is 0 Å². The van der Waals surface area contributed by atoms with Gasteiger partial charge in [0.2, 0.25) is 0 Å². The van der Waals surface area contributed by atoms with Gasteiger partial charge in [-0.25, -0.2) is 4.79 Å². The van der Waals surface area contributed by atoms with Gasteiger partial charge in [-0.05, 0) is 38.5 Å². The van der Waals surface area contributed by atoms with Crippen molar-refractivity contribution in [1.29, 1.82) is 0 Å². The summed E-state index contributed by atoms with van der Waals surface area (Å²) in [6.07, 6.45) is 4.47. The van der Waals surface area contributed by atoms with Crippen molar-refractivity contribution >= 4 is 5.97 Å². The second-order valence-electron chi connectivity index (χ2n) is 5.66. The number of hydrogen-bond donors (Lipinski definition) is 0. The number of rotatable bonds is 2. The van der Waals surface area contributed by atoms with Crippen LogP contribution in [-0.2, 0) is 9.53 Å². The van der Waals surface area contributed by atoms with Crippen molar-refractivity contribution < 1.29 is 9.53 Å². The smallest absolute Gasteiger partial charge is 0.333 e. The summed E-state index contributed by atoms with van der Waals surface area (Å²) in [5.74, 6) is 0.515. The molecule has 0 aromatic rings. The largest absolute Gasteiger partial charge is 0.455 e. The van der Waals surface area contributed by atoms with Gasteiger partial charge in [0.1, 0.15) is 5.60 Å². The monoisotopic (exact) mass is 208 g/mol. The zero-order valence-corrected chi connectivity index (χ0v) is 9.93. The highest BCUT2D eigenvalue weighted by atomic mass is 16.6. The SMILES string of the molecule is C=C(C)C(=O)OC12CCC(CC1)C2(C)C. The Bertz CT molecular complexity index is 306. The summed E-state index contributed by atoms with van der Waals surface area (Å²) in [5.41, 5.74) is 0.460. The molecule has 2 heteroatoms. The molecule has 2 bridgehead atoms. The van der Waals surface area contributed by atoms with E-state index in [0.29, 0.717) is 5.57 Å². The molecule has 2 rings (SSSR count). The van der Waals surface area contributed by atoms with Crippen molar-refractivity contribution in [1.82, 2.24) is 0 Å². The Morgan fingerprint density at radius 3 is 2.20 bits per heavy atom. The van der Waals surface area contributed by atoms with E-state index < -0.39 is 0 Å². The van der Waals surface area contributed by atoms with Crippen LogP contribution in [0, 0.1) is 11.3 Å². The molecule has 0 N–H and O–H groups in total. The predicted octanol–water partition coefficient (Wildman–Crippen LogP) is 3.07. The maximum atomic E-state index is 11.6. The average molecular weight is 208 g/mol. The summed E-state index contributed by atoms with van der Waals surface area (Å²) in [6, 6.07) is 0. The molecule has 0 aliphatic heterocycles. The molecule has 2 aliphatic carbocycles. The highest BCUT2D eigenvalue weighted by molar-refractivity contribution is 5.87. The van der Waals surface area contributed by atoms with Gasteiger partial charge < -0.3 is 4.74 Å². The Morgan fingerprint density at radius 2 is 1.87 bits per heavy atom. The third-order valence-corrected chi connectivity index (χ3v) is 4.62. The number of hydrogen-bond acceptors (Lipinski definition) is 2. The van der Waals surface area contributed by atoms with Gasteiger partial charge in [-0.2, -0.15) is 0 Å². The van der Waals surface area contributed by atoms with E-state index in [1.807, 2.05) is 0 Å². The lowest BCUT2D eigenvalue weighted by molar-refractivity contribution is -0.163. The van der Waals surface area contributed by atoms with Gasteiger partial charge in [-0.3, -0.25) is 0 Å². The fourth-order valence-electron chi connectivity index (χ4n) is 3.32. The minimum absolute atomic E-state index is 0.151. The molecular formula is C13H20O2. The second-order valence-corrected chi connectivity index (χ2v) is 5.66. The number of esters is 1. The van der Waals surface area contributed by atoms with Crippen molar-refractivity contribution in [3.63, 3.8) is 0 Å². The fourth-order valence-corrected chi connectivity index (χ4v) is 3.32. The van der Waals surface area contributed by atoms with E-state index >= 15 is 0 Å². The lowest BCUT2D eigenvalue weighted by Gasteiger charge is -2.37. The molecule has 2 nitrogen and oxygen atoms in total. The summed E-state index contributed by atoms with van der Waals surface area (Å²) < 4.78 is 5.73. The van der Waals surface area contributed by atoms with Gasteiger partial charge in [0.25, 0.3) is 0 Å². The Morgan fingerprint density at radius 1 is 1.33 bits per heavy atom. The standard InChI is InChI=1S/C13H20O2/c1-9(2)11(14)15-13-7-5-10(6-8-13)12(13,3)4/h10H,1,5-8H2,2-4H3. The molecule has 84 valence electrons. The molecule has 0 heterocycles. The summed E-state index contributed by atoms with van der Waals surface area (Å²) in [5, 5.41) is 0. The van der Waals surface area contributed by atoms with Crippen LogP contribution in [-0.4, -0.2) is 11.6 Å². The van der Waals surface area contributed by atoms with Crippen LogP contribution in [0.2, 0.25) is 0 Å². The molecule has 2 aliphatic rings. The molecule has 2 saturated carbocycles. The number of fused-ring (bicyclic) bond motifs is 2. The van der Waals surface area contributed by atoms with Gasteiger partial charge in [-0.15, -0.1) is 0 Å². The predicted molar refractivity (Wildman–Crippen MR) is 59.4 cm³/mol. The van der Waals surface area contributed by atoms with Crippen molar-refractivity contribution in [2.45, 2.75) is 52.1 Å². The van der Waals surface area contributed by atoms with E-state index in [-0.39, 0.29) is 17.0 Å². The molecule has 0 aromatic heterocycles. The van der Waals surface area contributed by atoms with E-state index in [1.54, 1.807) is 6.92 Å². The van der Waals surface area contributed by atoms with Crippen LogP contribution in [0.25, 0.3) is 0 Å². The molecule has 0 unspecified atom stereocenters. The topological polar surface area (TPSA) is 26.3 Å². The maximum Gasteiger partial charge on any atom is 0.333 e. The minimum atomic E-state index is -0.217. The van der Waals surface area contributed by atoms with E-state index in [0.717, 1.165) is 18.8 Å². The fraction of sp³-hybridized carbons (Fsp3) is 0.769. The lowest BCUT2D eigenvalue weighted by atomic mass is 9.78. The minimum Gasteiger partial charge on any atom is -0.455 e. The van der Waals surface area contributed by atoms with Crippen molar-refractivity contribution in [2.75, 3.05) is 0 Å². The highest BCUT2D eigenvalue weighted by Crippen LogP contribution is 2.62. The van der Waals surface area contributed by atoms with Gasteiger partial charge in [0.15, 0.2) is 0 Å². The second kappa shape index (κ2) is 3.10. The van der Waals surface area contributed by atoms with Gasteiger partial charge in [0.05, 0.1) is 0 Å². The van der Waals surface area contributed by atoms with E-state index in [2.05, 4.69) is 20.4 Å². The summed E-state index contributed by atoms with van der Waals surface area (Å²) >= 11 is 0. The molecule has 15 heavy (non-hydrogen) atoms. The number of carbonyl (C=O) groups excluding carboxylic acids is 1. The first kappa shape index (κ1) is 10.7. The third kappa shape index (κ3) is 1.34. The molecule has 0 radical (unpaired) electrons. The summed E-state index contributed by atoms with van der Waals surface area (Å²) in [4.78, 5) is 11.6. The molecule has 0 saturated heterocycles. The van der Waals surface area contributed by atoms with Crippen molar-refractivity contribution in [3.8, 4) is 0 Å². The normalized spacial score (nSPS) is 36.6. The highest BCUT2D eigenvalue weighted by Gasteiger charge is 2.61. The van der Waals surface area contributed by atoms with Crippen LogP contribution in [0.1, 0.15) is 46.5 Å². The zero-order valence-electron chi connectivity index (χ0n) is 9.93. The maximum absolute atomic E-state index is 11.6. The molecule has 0 amide bonds. The Balaban J connectivity index is 2.20. The van der Waals surface area contributed by atoms with Crippen LogP contribution in [0.3, 0.4) is 0 Å². The average Bonchev–Trinajstić information content (AvgIpc) is 2.52. The van der Waals surface area contributed by atoms with Crippen LogP contribution in [0.15, 0.2) is 12.2 Å². The van der Waals surface area contributed by atoms with Gasteiger partial charge in [-0.1, -0.05) is 20.4 Å². The van der Waals surface area contributed by atoms with Gasteiger partial charge in [0, 0.05) is 11.0 Å². The number of carbonyl (C=O) groups is 1. The molecule has 0 aromatic carbocycles. The third-order valence-electron chi connectivity index (χ3n) is 4.62. The first-order chi connectivity index (χ1) is 6.89. The summed E-state index contributed by atoms with van der Waals surface area (Å²) in [7, 11) is 0. The lowest BCUT2D eigenvalue weighted by Crippen LogP contribution is -2.42.